The first-order valence-electron chi connectivity index (χ1n) is 5.79. The highest BCUT2D eigenvalue weighted by molar-refractivity contribution is 5.66. The molecule has 88 valence electrons. The van der Waals surface area contributed by atoms with Crippen molar-refractivity contribution < 1.29 is 9.90 Å². The molecular weight excluding hydrogens is 200 g/mol. The van der Waals surface area contributed by atoms with Crippen molar-refractivity contribution in [1.29, 1.82) is 0 Å². The molecule has 1 aromatic carbocycles. The largest absolute Gasteiger partial charge is 0.481 e. The molecule has 0 aliphatic carbocycles. The van der Waals surface area contributed by atoms with Gasteiger partial charge in [-0.25, -0.2) is 0 Å². The number of carbonyl (C=O) groups is 1. The Morgan fingerprint density at radius 1 is 1.38 bits per heavy atom. The molecule has 0 aliphatic heterocycles. The summed E-state index contributed by atoms with van der Waals surface area (Å²) in [6, 6.07) is 6.46. The van der Waals surface area contributed by atoms with E-state index < -0.39 is 5.97 Å². The van der Waals surface area contributed by atoms with Crippen LogP contribution in [-0.4, -0.2) is 11.1 Å². The molecule has 1 atom stereocenters. The first-order valence-corrected chi connectivity index (χ1v) is 5.79. The molecule has 1 N–H and O–H groups in total. The van der Waals surface area contributed by atoms with Crippen molar-refractivity contribution in [2.24, 2.45) is 0 Å². The van der Waals surface area contributed by atoms with E-state index in [1.165, 1.54) is 16.7 Å². The standard InChI is InChI=1S/C14H20O2/c1-10-7-8-12(3)13(9-10)11(2)5-4-6-14(15)16/h7-9,11H,4-6H2,1-3H3,(H,15,16). The molecule has 2 nitrogen and oxygen atoms in total. The molecule has 0 saturated heterocycles. The smallest absolute Gasteiger partial charge is 0.303 e. The molecule has 0 spiro atoms. The number of aliphatic carboxylic acids is 1. The second kappa shape index (κ2) is 5.69. The number of aryl methyl sites for hydroxylation is 2. The molecule has 1 aromatic rings. The first kappa shape index (κ1) is 12.8. The van der Waals surface area contributed by atoms with Gasteiger partial charge >= 0.3 is 5.97 Å². The molecule has 0 radical (unpaired) electrons. The summed E-state index contributed by atoms with van der Waals surface area (Å²) in [5.74, 6) is -0.257. The SMILES string of the molecule is Cc1ccc(C)c(C(C)CCCC(=O)O)c1. The van der Waals surface area contributed by atoms with Gasteiger partial charge in [0.05, 0.1) is 0 Å². The summed E-state index contributed by atoms with van der Waals surface area (Å²) in [6.07, 6.45) is 1.97. The van der Waals surface area contributed by atoms with Crippen molar-refractivity contribution in [3.05, 3.63) is 34.9 Å². The van der Waals surface area contributed by atoms with E-state index in [0.29, 0.717) is 5.92 Å². The van der Waals surface area contributed by atoms with Crippen LogP contribution in [-0.2, 0) is 4.79 Å². The lowest BCUT2D eigenvalue weighted by Crippen LogP contribution is -2.00. The molecule has 2 heteroatoms. The highest BCUT2D eigenvalue weighted by Gasteiger charge is 2.09. The number of carboxylic acid groups (broad SMARTS) is 1. The van der Waals surface area contributed by atoms with Crippen LogP contribution in [0.25, 0.3) is 0 Å². The second-order valence-electron chi connectivity index (χ2n) is 4.55. The van der Waals surface area contributed by atoms with Crippen molar-refractivity contribution in [2.75, 3.05) is 0 Å². The summed E-state index contributed by atoms with van der Waals surface area (Å²) in [4.78, 5) is 10.4. The molecule has 1 unspecified atom stereocenters. The Hall–Kier alpha value is -1.31. The first-order chi connectivity index (χ1) is 7.50. The molecule has 0 aliphatic rings. The van der Waals surface area contributed by atoms with E-state index in [1.807, 2.05) is 0 Å². The van der Waals surface area contributed by atoms with Crippen molar-refractivity contribution >= 4 is 5.97 Å². The number of benzene rings is 1. The van der Waals surface area contributed by atoms with Crippen LogP contribution in [0, 0.1) is 13.8 Å². The van der Waals surface area contributed by atoms with E-state index in [1.54, 1.807) is 0 Å². The minimum Gasteiger partial charge on any atom is -0.481 e. The third kappa shape index (κ3) is 3.69. The Balaban J connectivity index is 2.61. The number of carboxylic acids is 1. The van der Waals surface area contributed by atoms with Crippen LogP contribution in [0.1, 0.15) is 48.8 Å². The van der Waals surface area contributed by atoms with Crippen molar-refractivity contribution in [3.8, 4) is 0 Å². The monoisotopic (exact) mass is 220 g/mol. The highest BCUT2D eigenvalue weighted by atomic mass is 16.4. The Morgan fingerprint density at radius 3 is 2.69 bits per heavy atom. The van der Waals surface area contributed by atoms with E-state index in [4.69, 9.17) is 5.11 Å². The van der Waals surface area contributed by atoms with Crippen molar-refractivity contribution in [3.63, 3.8) is 0 Å². The van der Waals surface area contributed by atoms with Crippen LogP contribution in [0.2, 0.25) is 0 Å². The molecule has 0 saturated carbocycles. The zero-order valence-electron chi connectivity index (χ0n) is 10.3. The van der Waals surface area contributed by atoms with Gasteiger partial charge in [-0.3, -0.25) is 4.79 Å². The molecule has 0 fully saturated rings. The third-order valence-electron chi connectivity index (χ3n) is 2.99. The fourth-order valence-corrected chi connectivity index (χ4v) is 2.01. The average Bonchev–Trinajstić information content (AvgIpc) is 2.21. The van der Waals surface area contributed by atoms with Gasteiger partial charge in [0.2, 0.25) is 0 Å². The molecule has 0 bridgehead atoms. The lowest BCUT2D eigenvalue weighted by molar-refractivity contribution is -0.137. The van der Waals surface area contributed by atoms with Crippen LogP contribution in [0.5, 0.6) is 0 Å². The van der Waals surface area contributed by atoms with Crippen molar-refractivity contribution in [1.82, 2.24) is 0 Å². The van der Waals surface area contributed by atoms with Gasteiger partial charge in [-0.1, -0.05) is 30.7 Å². The maximum Gasteiger partial charge on any atom is 0.303 e. The minimum absolute atomic E-state index is 0.273. The van der Waals surface area contributed by atoms with E-state index in [9.17, 15) is 4.79 Å². The van der Waals surface area contributed by atoms with Crippen LogP contribution in [0.4, 0.5) is 0 Å². The van der Waals surface area contributed by atoms with E-state index in [0.717, 1.165) is 12.8 Å². The minimum atomic E-state index is -0.701. The topological polar surface area (TPSA) is 37.3 Å². The Bertz CT molecular complexity index is 369. The predicted octanol–water partition coefficient (Wildman–Crippen LogP) is 3.66. The number of hydrogen-bond donors (Lipinski definition) is 1. The fourth-order valence-electron chi connectivity index (χ4n) is 2.01. The van der Waals surface area contributed by atoms with Gasteiger partial charge in [-0.15, -0.1) is 0 Å². The second-order valence-corrected chi connectivity index (χ2v) is 4.55. The van der Waals surface area contributed by atoms with Crippen LogP contribution in [0.15, 0.2) is 18.2 Å². The fraction of sp³-hybridized carbons (Fsp3) is 0.500. The maximum atomic E-state index is 10.4. The van der Waals surface area contributed by atoms with Gasteiger partial charge in [0.1, 0.15) is 0 Å². The lowest BCUT2D eigenvalue weighted by Gasteiger charge is -2.15. The summed E-state index contributed by atoms with van der Waals surface area (Å²) < 4.78 is 0. The molecule has 16 heavy (non-hydrogen) atoms. The van der Waals surface area contributed by atoms with E-state index in [-0.39, 0.29) is 6.42 Å². The van der Waals surface area contributed by atoms with Crippen LogP contribution in [0.3, 0.4) is 0 Å². The molecule has 1 rings (SSSR count). The molecular formula is C14H20O2. The van der Waals surface area contributed by atoms with Crippen LogP contribution < -0.4 is 0 Å². The lowest BCUT2D eigenvalue weighted by atomic mass is 9.91. The van der Waals surface area contributed by atoms with Gasteiger partial charge in [0.15, 0.2) is 0 Å². The number of rotatable bonds is 5. The molecule has 0 aromatic heterocycles. The quantitative estimate of drug-likeness (QED) is 0.822. The Morgan fingerprint density at radius 2 is 2.06 bits per heavy atom. The Kier molecular flexibility index (Phi) is 4.53. The zero-order chi connectivity index (χ0) is 12.1. The zero-order valence-corrected chi connectivity index (χ0v) is 10.3. The highest BCUT2D eigenvalue weighted by Crippen LogP contribution is 2.25. The number of hydrogen-bond acceptors (Lipinski definition) is 1. The summed E-state index contributed by atoms with van der Waals surface area (Å²) in [7, 11) is 0. The van der Waals surface area contributed by atoms with Gasteiger partial charge in [0, 0.05) is 6.42 Å². The van der Waals surface area contributed by atoms with E-state index >= 15 is 0 Å². The van der Waals surface area contributed by atoms with Gasteiger partial charge in [-0.05, 0) is 43.7 Å². The summed E-state index contributed by atoms with van der Waals surface area (Å²) in [5.41, 5.74) is 3.92. The van der Waals surface area contributed by atoms with Crippen LogP contribution >= 0.6 is 0 Å². The summed E-state index contributed by atoms with van der Waals surface area (Å²) in [5, 5.41) is 8.60. The maximum absolute atomic E-state index is 10.4. The molecule has 0 amide bonds. The van der Waals surface area contributed by atoms with Gasteiger partial charge in [-0.2, -0.15) is 0 Å². The van der Waals surface area contributed by atoms with Gasteiger partial charge in [0.25, 0.3) is 0 Å². The third-order valence-corrected chi connectivity index (χ3v) is 2.99. The summed E-state index contributed by atoms with van der Waals surface area (Å²) in [6.45, 7) is 6.37. The molecule has 0 heterocycles. The van der Waals surface area contributed by atoms with Crippen molar-refractivity contribution in [2.45, 2.75) is 46.0 Å². The van der Waals surface area contributed by atoms with Gasteiger partial charge < -0.3 is 5.11 Å². The average molecular weight is 220 g/mol. The Labute approximate surface area is 97.3 Å². The normalized spacial score (nSPS) is 12.4. The van der Waals surface area contributed by atoms with E-state index in [2.05, 4.69) is 39.0 Å². The predicted molar refractivity (Wildman–Crippen MR) is 65.8 cm³/mol. The summed E-state index contributed by atoms with van der Waals surface area (Å²) >= 11 is 0.